The van der Waals surface area contributed by atoms with Crippen molar-refractivity contribution in [1.82, 2.24) is 4.90 Å². The van der Waals surface area contributed by atoms with E-state index in [1.54, 1.807) is 12.1 Å². The summed E-state index contributed by atoms with van der Waals surface area (Å²) < 4.78 is 19.1. The molecule has 1 rings (SSSR count). The van der Waals surface area contributed by atoms with Gasteiger partial charge in [0.1, 0.15) is 5.82 Å². The van der Waals surface area contributed by atoms with E-state index in [2.05, 4.69) is 16.7 Å². The highest BCUT2D eigenvalue weighted by Crippen LogP contribution is 2.11. The van der Waals surface area contributed by atoms with Gasteiger partial charge in [-0.3, -0.25) is 4.90 Å². The maximum absolute atomic E-state index is 13.5. The highest BCUT2D eigenvalue weighted by atomic mass is 19.1. The minimum absolute atomic E-state index is 0.232. The molecule has 110 valence electrons. The zero-order valence-corrected chi connectivity index (χ0v) is 12.4. The molecule has 0 amide bonds. The van der Waals surface area contributed by atoms with Gasteiger partial charge in [-0.1, -0.05) is 17.9 Å². The van der Waals surface area contributed by atoms with Crippen LogP contribution in [0.25, 0.3) is 0 Å². The molecule has 0 atom stereocenters. The van der Waals surface area contributed by atoms with E-state index in [4.69, 9.17) is 10.5 Å². The molecule has 20 heavy (non-hydrogen) atoms. The van der Waals surface area contributed by atoms with E-state index in [1.165, 1.54) is 6.07 Å². The summed E-state index contributed by atoms with van der Waals surface area (Å²) in [7, 11) is 2.01. The first-order valence-corrected chi connectivity index (χ1v) is 6.80. The average Bonchev–Trinajstić information content (AvgIpc) is 2.39. The predicted molar refractivity (Wildman–Crippen MR) is 79.8 cm³/mol. The number of likely N-dealkylation sites (N-methyl/N-ethyl adjacent to an activating group) is 1. The number of nitrogens with two attached hydrogens (primary N) is 1. The number of ether oxygens (including phenoxy) is 1. The normalized spacial score (nSPS) is 10.8. The van der Waals surface area contributed by atoms with E-state index in [1.807, 2.05) is 20.9 Å². The molecule has 0 fully saturated rings. The lowest BCUT2D eigenvalue weighted by atomic mass is 10.1. The fourth-order valence-corrected chi connectivity index (χ4v) is 1.75. The van der Waals surface area contributed by atoms with Crippen LogP contribution in [0.2, 0.25) is 0 Å². The van der Waals surface area contributed by atoms with Crippen LogP contribution in [-0.2, 0) is 11.3 Å². The Bertz CT molecular complexity index is 477. The molecule has 4 heteroatoms. The average molecular weight is 278 g/mol. The SMILES string of the molecule is CC(C)OCCN(C)Cc1ccc(F)c(C#CCN)c1. The largest absolute Gasteiger partial charge is 0.377 e. The lowest BCUT2D eigenvalue weighted by molar-refractivity contribution is 0.0627. The summed E-state index contributed by atoms with van der Waals surface area (Å²) in [5.74, 6) is 5.12. The zero-order valence-electron chi connectivity index (χ0n) is 12.4. The van der Waals surface area contributed by atoms with Crippen molar-refractivity contribution in [1.29, 1.82) is 0 Å². The molecule has 0 heterocycles. The van der Waals surface area contributed by atoms with Crippen LogP contribution < -0.4 is 5.73 Å². The standard InChI is InChI=1S/C16H23FN2O/c1-13(2)20-10-9-19(3)12-14-6-7-16(17)15(11-14)5-4-8-18/h6-7,11,13H,8-10,12,18H2,1-3H3. The molecule has 1 aromatic carbocycles. The topological polar surface area (TPSA) is 38.5 Å². The Labute approximate surface area is 120 Å². The number of nitrogens with zero attached hydrogens (tertiary/aromatic N) is 1. The van der Waals surface area contributed by atoms with Gasteiger partial charge in [0, 0.05) is 13.1 Å². The first-order valence-electron chi connectivity index (χ1n) is 6.80. The van der Waals surface area contributed by atoms with Crippen molar-refractivity contribution in [2.24, 2.45) is 5.73 Å². The highest BCUT2D eigenvalue weighted by Gasteiger charge is 2.05. The van der Waals surface area contributed by atoms with Crippen molar-refractivity contribution in [2.75, 3.05) is 26.7 Å². The highest BCUT2D eigenvalue weighted by molar-refractivity contribution is 5.38. The second-order valence-electron chi connectivity index (χ2n) is 4.98. The zero-order chi connectivity index (χ0) is 15.0. The molecule has 0 unspecified atom stereocenters. The van der Waals surface area contributed by atoms with Crippen molar-refractivity contribution >= 4 is 0 Å². The van der Waals surface area contributed by atoms with Crippen molar-refractivity contribution in [2.45, 2.75) is 26.5 Å². The minimum atomic E-state index is -0.305. The molecule has 0 bridgehead atoms. The van der Waals surface area contributed by atoms with Gasteiger partial charge in [-0.2, -0.15) is 0 Å². The summed E-state index contributed by atoms with van der Waals surface area (Å²) in [6.07, 6.45) is 0.243. The van der Waals surface area contributed by atoms with E-state index in [0.717, 1.165) is 18.7 Å². The van der Waals surface area contributed by atoms with Gasteiger partial charge in [-0.15, -0.1) is 0 Å². The van der Waals surface area contributed by atoms with Gasteiger partial charge < -0.3 is 10.5 Å². The lowest BCUT2D eigenvalue weighted by Crippen LogP contribution is -2.24. The Kier molecular flexibility index (Phi) is 7.24. The Morgan fingerprint density at radius 2 is 2.15 bits per heavy atom. The summed E-state index contributed by atoms with van der Waals surface area (Å²) in [5, 5.41) is 0. The van der Waals surface area contributed by atoms with Crippen molar-refractivity contribution in [3.63, 3.8) is 0 Å². The molecule has 0 saturated heterocycles. The van der Waals surface area contributed by atoms with E-state index < -0.39 is 0 Å². The van der Waals surface area contributed by atoms with Gasteiger partial charge in [0.2, 0.25) is 0 Å². The Morgan fingerprint density at radius 3 is 2.80 bits per heavy atom. The Morgan fingerprint density at radius 1 is 1.40 bits per heavy atom. The first-order chi connectivity index (χ1) is 9.52. The number of benzene rings is 1. The van der Waals surface area contributed by atoms with Crippen LogP contribution >= 0.6 is 0 Å². The van der Waals surface area contributed by atoms with Gasteiger partial charge in [0.15, 0.2) is 0 Å². The van der Waals surface area contributed by atoms with Gasteiger partial charge in [-0.25, -0.2) is 4.39 Å². The van der Waals surface area contributed by atoms with Crippen molar-refractivity contribution < 1.29 is 9.13 Å². The molecule has 0 aliphatic carbocycles. The van der Waals surface area contributed by atoms with Crippen LogP contribution in [0, 0.1) is 17.7 Å². The fourth-order valence-electron chi connectivity index (χ4n) is 1.75. The summed E-state index contributed by atoms with van der Waals surface area (Å²) in [6.45, 7) is 6.52. The summed E-state index contributed by atoms with van der Waals surface area (Å²) in [6, 6.07) is 5.01. The number of hydrogen-bond acceptors (Lipinski definition) is 3. The molecule has 3 nitrogen and oxygen atoms in total. The van der Waals surface area contributed by atoms with Crippen molar-refractivity contribution in [3.8, 4) is 11.8 Å². The molecular weight excluding hydrogens is 255 g/mol. The van der Waals surface area contributed by atoms with Gasteiger partial charge >= 0.3 is 0 Å². The van der Waals surface area contributed by atoms with E-state index in [9.17, 15) is 4.39 Å². The van der Waals surface area contributed by atoms with Crippen LogP contribution in [-0.4, -0.2) is 37.7 Å². The molecule has 0 aliphatic heterocycles. The van der Waals surface area contributed by atoms with Crippen molar-refractivity contribution in [3.05, 3.63) is 35.1 Å². The molecular formula is C16H23FN2O. The van der Waals surface area contributed by atoms with Gasteiger partial charge in [0.05, 0.1) is 24.8 Å². The van der Waals surface area contributed by atoms with Crippen LogP contribution in [0.3, 0.4) is 0 Å². The molecule has 2 N–H and O–H groups in total. The smallest absolute Gasteiger partial charge is 0.138 e. The third-order valence-electron chi connectivity index (χ3n) is 2.73. The monoisotopic (exact) mass is 278 g/mol. The van der Waals surface area contributed by atoms with Crippen LogP contribution in [0.5, 0.6) is 0 Å². The van der Waals surface area contributed by atoms with E-state index in [0.29, 0.717) is 12.2 Å². The third-order valence-corrected chi connectivity index (χ3v) is 2.73. The van der Waals surface area contributed by atoms with E-state index in [-0.39, 0.29) is 18.5 Å². The maximum Gasteiger partial charge on any atom is 0.138 e. The quantitative estimate of drug-likeness (QED) is 0.809. The number of halogens is 1. The minimum Gasteiger partial charge on any atom is -0.377 e. The van der Waals surface area contributed by atoms with E-state index >= 15 is 0 Å². The molecule has 0 aromatic heterocycles. The number of rotatable bonds is 6. The Balaban J connectivity index is 2.59. The third kappa shape index (κ3) is 6.16. The van der Waals surface area contributed by atoms with Crippen LogP contribution in [0.15, 0.2) is 18.2 Å². The van der Waals surface area contributed by atoms with Crippen LogP contribution in [0.4, 0.5) is 4.39 Å². The summed E-state index contributed by atoms with van der Waals surface area (Å²) in [4.78, 5) is 2.13. The summed E-state index contributed by atoms with van der Waals surface area (Å²) >= 11 is 0. The predicted octanol–water partition coefficient (Wildman–Crippen LogP) is 1.99. The first kappa shape index (κ1) is 16.6. The number of hydrogen-bond donors (Lipinski definition) is 1. The maximum atomic E-state index is 13.5. The molecule has 0 aliphatic rings. The molecule has 0 saturated carbocycles. The van der Waals surface area contributed by atoms with Gasteiger partial charge in [-0.05, 0) is 38.6 Å². The second kappa shape index (κ2) is 8.70. The molecule has 0 spiro atoms. The Hall–Kier alpha value is -1.41. The van der Waals surface area contributed by atoms with Gasteiger partial charge in [0.25, 0.3) is 0 Å². The second-order valence-corrected chi connectivity index (χ2v) is 4.98. The molecule has 1 aromatic rings. The lowest BCUT2D eigenvalue weighted by Gasteiger charge is -2.18. The van der Waals surface area contributed by atoms with Crippen LogP contribution in [0.1, 0.15) is 25.0 Å². The summed E-state index contributed by atoms with van der Waals surface area (Å²) in [5.41, 5.74) is 6.74. The fraction of sp³-hybridized carbons (Fsp3) is 0.500. The molecule has 0 radical (unpaired) electrons.